The van der Waals surface area contributed by atoms with E-state index in [2.05, 4.69) is 20.8 Å². The highest BCUT2D eigenvalue weighted by molar-refractivity contribution is 5.84. The Kier molecular flexibility index (Phi) is 9.78. The molecule has 2 heterocycles. The van der Waals surface area contributed by atoms with E-state index in [-0.39, 0.29) is 30.2 Å². The van der Waals surface area contributed by atoms with E-state index in [1.165, 1.54) is 6.07 Å². The summed E-state index contributed by atoms with van der Waals surface area (Å²) in [5.41, 5.74) is 1.27. The molecule has 0 atom stereocenters. The second-order valence-electron chi connectivity index (χ2n) is 10.2. The Hall–Kier alpha value is -3.99. The van der Waals surface area contributed by atoms with Crippen molar-refractivity contribution in [1.82, 2.24) is 24.9 Å². The standard InChI is InChI=1S/C27H36N6O5/c1-19(2)17-38-26(36)30-21-8-5-7-20(13-21)14-23-24(34)10-12-33(31-23)22-15-29-32(16-22)11-6-9-25(35)28-18-27(3,4)37/h5,7-8,10,12-13,15-16,19,37H,6,9,11,14,17-18H2,1-4H3,(H,28,35)(H,30,36). The van der Waals surface area contributed by atoms with Crippen molar-refractivity contribution in [2.24, 2.45) is 5.92 Å². The molecule has 204 valence electrons. The van der Waals surface area contributed by atoms with E-state index >= 15 is 0 Å². The zero-order chi connectivity index (χ0) is 27.7. The smallest absolute Gasteiger partial charge is 0.411 e. The van der Waals surface area contributed by atoms with Crippen LogP contribution in [0, 0.1) is 5.92 Å². The molecule has 2 amide bonds. The molecule has 1 aromatic carbocycles. The van der Waals surface area contributed by atoms with Crippen LogP contribution in [0.2, 0.25) is 0 Å². The van der Waals surface area contributed by atoms with Gasteiger partial charge in [0, 0.05) is 43.9 Å². The highest BCUT2D eigenvalue weighted by atomic mass is 16.5. The predicted molar refractivity (Wildman–Crippen MR) is 143 cm³/mol. The highest BCUT2D eigenvalue weighted by Gasteiger charge is 2.14. The van der Waals surface area contributed by atoms with Gasteiger partial charge in [0.05, 0.1) is 24.6 Å². The van der Waals surface area contributed by atoms with Crippen molar-refractivity contribution >= 4 is 17.7 Å². The number of nitrogens with zero attached hydrogens (tertiary/aromatic N) is 4. The molecule has 38 heavy (non-hydrogen) atoms. The Morgan fingerprint density at radius 1 is 1.21 bits per heavy atom. The molecule has 2 aromatic heterocycles. The second kappa shape index (κ2) is 13.0. The molecule has 0 radical (unpaired) electrons. The van der Waals surface area contributed by atoms with E-state index < -0.39 is 11.7 Å². The lowest BCUT2D eigenvalue weighted by molar-refractivity contribution is -0.122. The van der Waals surface area contributed by atoms with Gasteiger partial charge >= 0.3 is 6.09 Å². The summed E-state index contributed by atoms with van der Waals surface area (Å²) in [5.74, 6) is 0.111. The van der Waals surface area contributed by atoms with Gasteiger partial charge in [0.15, 0.2) is 0 Å². The third kappa shape index (κ3) is 9.47. The van der Waals surface area contributed by atoms with Crippen LogP contribution < -0.4 is 16.1 Å². The number of amides is 2. The lowest BCUT2D eigenvalue weighted by Gasteiger charge is -2.17. The van der Waals surface area contributed by atoms with Crippen molar-refractivity contribution < 1.29 is 19.4 Å². The Morgan fingerprint density at radius 2 is 2.00 bits per heavy atom. The Bertz CT molecular complexity index is 1290. The minimum atomic E-state index is -0.948. The third-order valence-electron chi connectivity index (χ3n) is 5.37. The fourth-order valence-electron chi connectivity index (χ4n) is 3.46. The molecule has 0 unspecified atom stereocenters. The zero-order valence-corrected chi connectivity index (χ0v) is 22.3. The monoisotopic (exact) mass is 524 g/mol. The molecule has 0 bridgehead atoms. The molecule has 11 heteroatoms. The first kappa shape index (κ1) is 28.6. The summed E-state index contributed by atoms with van der Waals surface area (Å²) >= 11 is 0. The van der Waals surface area contributed by atoms with E-state index in [4.69, 9.17) is 4.74 Å². The molecule has 11 nitrogen and oxygen atoms in total. The maximum atomic E-state index is 12.5. The molecule has 3 rings (SSSR count). The van der Waals surface area contributed by atoms with Gasteiger partial charge in [0.1, 0.15) is 11.4 Å². The Balaban J connectivity index is 1.60. The quantitative estimate of drug-likeness (QED) is 0.331. The van der Waals surface area contributed by atoms with Crippen LogP contribution in [0.15, 0.2) is 53.7 Å². The minimum absolute atomic E-state index is 0.127. The highest BCUT2D eigenvalue weighted by Crippen LogP contribution is 2.14. The van der Waals surface area contributed by atoms with Gasteiger partial charge < -0.3 is 15.2 Å². The van der Waals surface area contributed by atoms with Gasteiger partial charge in [-0.2, -0.15) is 10.2 Å². The zero-order valence-electron chi connectivity index (χ0n) is 22.3. The van der Waals surface area contributed by atoms with Crippen LogP contribution in [-0.4, -0.2) is 55.4 Å². The lowest BCUT2D eigenvalue weighted by atomic mass is 10.1. The average molecular weight is 525 g/mol. The van der Waals surface area contributed by atoms with Crippen molar-refractivity contribution in [2.45, 2.75) is 59.1 Å². The van der Waals surface area contributed by atoms with Crippen LogP contribution >= 0.6 is 0 Å². The second-order valence-corrected chi connectivity index (χ2v) is 10.2. The van der Waals surface area contributed by atoms with Crippen molar-refractivity contribution in [3.63, 3.8) is 0 Å². The van der Waals surface area contributed by atoms with Gasteiger partial charge in [0.2, 0.25) is 11.3 Å². The number of aromatic nitrogens is 4. The summed E-state index contributed by atoms with van der Waals surface area (Å²) in [4.78, 5) is 36.4. The van der Waals surface area contributed by atoms with Crippen LogP contribution in [0.1, 0.15) is 51.8 Å². The first-order valence-corrected chi connectivity index (χ1v) is 12.6. The maximum absolute atomic E-state index is 12.5. The number of hydrogen-bond acceptors (Lipinski definition) is 7. The average Bonchev–Trinajstić information content (AvgIpc) is 3.31. The summed E-state index contributed by atoms with van der Waals surface area (Å²) in [6.45, 7) is 8.25. The first-order chi connectivity index (χ1) is 18.0. The molecule has 0 saturated carbocycles. The molecule has 3 aromatic rings. The summed E-state index contributed by atoms with van der Waals surface area (Å²) in [5, 5.41) is 23.9. The maximum Gasteiger partial charge on any atom is 0.411 e. The van der Waals surface area contributed by atoms with Gasteiger partial charge in [-0.1, -0.05) is 26.0 Å². The summed E-state index contributed by atoms with van der Waals surface area (Å²) in [6, 6.07) is 8.65. The SMILES string of the molecule is CC(C)COC(=O)Nc1cccc(Cc2nn(-c3cnn(CCCC(=O)NCC(C)(C)O)c3)ccc2=O)c1. The fraction of sp³-hybridized carbons (Fsp3) is 0.444. The number of carbonyl (C=O) groups excluding carboxylic acids is 2. The minimum Gasteiger partial charge on any atom is -0.449 e. The molecule has 0 aliphatic heterocycles. The van der Waals surface area contributed by atoms with Crippen LogP contribution in [0.25, 0.3) is 5.69 Å². The fourth-order valence-corrected chi connectivity index (χ4v) is 3.46. The number of benzene rings is 1. The van der Waals surface area contributed by atoms with Crippen molar-refractivity contribution in [2.75, 3.05) is 18.5 Å². The molecule has 0 spiro atoms. The van der Waals surface area contributed by atoms with E-state index in [9.17, 15) is 19.5 Å². The number of carbonyl (C=O) groups is 2. The van der Waals surface area contributed by atoms with Crippen molar-refractivity contribution in [3.8, 4) is 5.69 Å². The van der Waals surface area contributed by atoms with Gasteiger partial charge in [-0.05, 0) is 43.9 Å². The first-order valence-electron chi connectivity index (χ1n) is 12.6. The number of anilines is 1. The Morgan fingerprint density at radius 3 is 2.74 bits per heavy atom. The van der Waals surface area contributed by atoms with Crippen LogP contribution in [0.3, 0.4) is 0 Å². The largest absolute Gasteiger partial charge is 0.449 e. The van der Waals surface area contributed by atoms with E-state index in [0.29, 0.717) is 43.1 Å². The van der Waals surface area contributed by atoms with Crippen molar-refractivity contribution in [1.29, 1.82) is 0 Å². The molecular formula is C27H36N6O5. The summed E-state index contributed by atoms with van der Waals surface area (Å²) in [7, 11) is 0. The van der Waals surface area contributed by atoms with Crippen LogP contribution in [-0.2, 0) is 22.5 Å². The third-order valence-corrected chi connectivity index (χ3v) is 5.37. The van der Waals surface area contributed by atoms with E-state index in [1.54, 1.807) is 60.0 Å². The number of ether oxygens (including phenoxy) is 1. The molecular weight excluding hydrogens is 488 g/mol. The van der Waals surface area contributed by atoms with Crippen LogP contribution in [0.4, 0.5) is 10.5 Å². The van der Waals surface area contributed by atoms with Crippen LogP contribution in [0.5, 0.6) is 0 Å². The molecule has 3 N–H and O–H groups in total. The molecule has 0 aliphatic rings. The normalized spacial score (nSPS) is 11.4. The van der Waals surface area contributed by atoms with Gasteiger partial charge in [-0.25, -0.2) is 9.48 Å². The van der Waals surface area contributed by atoms with Gasteiger partial charge in [-0.3, -0.25) is 19.6 Å². The number of aliphatic hydroxyl groups is 1. The molecule has 0 fully saturated rings. The molecule has 0 saturated heterocycles. The lowest BCUT2D eigenvalue weighted by Crippen LogP contribution is -2.38. The summed E-state index contributed by atoms with van der Waals surface area (Å²) in [6.07, 6.45) is 5.67. The Labute approximate surface area is 221 Å². The topological polar surface area (TPSA) is 140 Å². The van der Waals surface area contributed by atoms with Gasteiger partial charge in [-0.15, -0.1) is 0 Å². The van der Waals surface area contributed by atoms with Crippen molar-refractivity contribution in [3.05, 3.63) is 70.4 Å². The molecule has 0 aliphatic carbocycles. The number of hydrogen-bond donors (Lipinski definition) is 3. The van der Waals surface area contributed by atoms with E-state index in [1.807, 2.05) is 19.9 Å². The summed E-state index contributed by atoms with van der Waals surface area (Å²) < 4.78 is 8.46. The predicted octanol–water partition coefficient (Wildman–Crippen LogP) is 2.89. The number of nitrogens with one attached hydrogen (secondary N) is 2. The number of aryl methyl sites for hydroxylation is 1. The van der Waals surface area contributed by atoms with Gasteiger partial charge in [0.25, 0.3) is 0 Å². The van der Waals surface area contributed by atoms with E-state index in [0.717, 1.165) is 5.56 Å². The number of rotatable bonds is 12.